The number of hydrogen-bond donors (Lipinski definition) is 1. The van der Waals surface area contributed by atoms with E-state index in [1.54, 1.807) is 18.2 Å². The van der Waals surface area contributed by atoms with Gasteiger partial charge in [0.05, 0.1) is 0 Å². The highest BCUT2D eigenvalue weighted by atomic mass is 35.5. The molecule has 0 aliphatic carbocycles. The van der Waals surface area contributed by atoms with Crippen molar-refractivity contribution in [2.75, 3.05) is 19.6 Å². The van der Waals surface area contributed by atoms with Gasteiger partial charge in [0, 0.05) is 34.7 Å². The van der Waals surface area contributed by atoms with Crippen LogP contribution in [0.25, 0.3) is 0 Å². The predicted molar refractivity (Wildman–Crippen MR) is 84.1 cm³/mol. The van der Waals surface area contributed by atoms with Crippen LogP contribution in [0.4, 0.5) is 0 Å². The van der Waals surface area contributed by atoms with Crippen LogP contribution in [0.15, 0.2) is 18.2 Å². The summed E-state index contributed by atoms with van der Waals surface area (Å²) >= 11 is 11.9. The number of carbonyl (C=O) groups is 1. The first-order valence-corrected chi connectivity index (χ1v) is 7.38. The Labute approximate surface area is 135 Å². The number of hydrogen-bond acceptors (Lipinski definition) is 2. The monoisotopic (exact) mass is 334 g/mol. The molecule has 2 aliphatic rings. The molecule has 1 N–H and O–H groups in total. The molecule has 1 aromatic carbocycles. The van der Waals surface area contributed by atoms with E-state index in [1.807, 2.05) is 4.90 Å². The Morgan fingerprint density at radius 2 is 1.90 bits per heavy atom. The fraction of sp³-hybridized carbons (Fsp3) is 0.500. The van der Waals surface area contributed by atoms with Gasteiger partial charge in [-0.2, -0.15) is 0 Å². The van der Waals surface area contributed by atoms with Gasteiger partial charge in [-0.15, -0.1) is 12.4 Å². The lowest BCUT2D eigenvalue weighted by Crippen LogP contribution is -2.46. The van der Waals surface area contributed by atoms with Crippen molar-refractivity contribution < 1.29 is 4.79 Å². The van der Waals surface area contributed by atoms with Crippen LogP contribution in [0.2, 0.25) is 10.0 Å². The van der Waals surface area contributed by atoms with Crippen molar-refractivity contribution >= 4 is 41.5 Å². The largest absolute Gasteiger partial charge is 0.338 e. The molecular weight excluding hydrogens is 319 g/mol. The van der Waals surface area contributed by atoms with Crippen LogP contribution in [0.5, 0.6) is 0 Å². The molecule has 0 saturated carbocycles. The summed E-state index contributed by atoms with van der Waals surface area (Å²) < 4.78 is 0. The highest BCUT2D eigenvalue weighted by Crippen LogP contribution is 2.27. The second-order valence-electron chi connectivity index (χ2n) is 5.31. The maximum Gasteiger partial charge on any atom is 0.253 e. The van der Waals surface area contributed by atoms with E-state index in [9.17, 15) is 4.79 Å². The first-order chi connectivity index (χ1) is 9.13. The molecule has 3 nitrogen and oxygen atoms in total. The minimum absolute atomic E-state index is 0. The molecule has 6 heteroatoms. The van der Waals surface area contributed by atoms with Crippen molar-refractivity contribution in [1.82, 2.24) is 10.2 Å². The molecule has 0 aromatic heterocycles. The Kier molecular flexibility index (Phi) is 5.19. The third-order valence-corrected chi connectivity index (χ3v) is 4.49. The van der Waals surface area contributed by atoms with Crippen molar-refractivity contribution in [1.29, 1.82) is 0 Å². The quantitative estimate of drug-likeness (QED) is 0.854. The molecular formula is C14H17Cl3N2O. The van der Waals surface area contributed by atoms with E-state index in [0.29, 0.717) is 27.6 Å². The number of nitrogens with one attached hydrogen (secondary N) is 1. The summed E-state index contributed by atoms with van der Waals surface area (Å²) in [6.45, 7) is 2.71. The van der Waals surface area contributed by atoms with E-state index in [1.165, 1.54) is 0 Å². The summed E-state index contributed by atoms with van der Waals surface area (Å²) in [5.41, 5.74) is 0.585. The number of piperidine rings is 1. The van der Waals surface area contributed by atoms with E-state index in [4.69, 9.17) is 23.2 Å². The van der Waals surface area contributed by atoms with Gasteiger partial charge >= 0.3 is 0 Å². The molecule has 3 rings (SSSR count). The summed E-state index contributed by atoms with van der Waals surface area (Å²) in [5, 5.41) is 4.51. The number of halogens is 3. The second-order valence-corrected chi connectivity index (χ2v) is 6.18. The van der Waals surface area contributed by atoms with E-state index in [2.05, 4.69) is 5.32 Å². The maximum absolute atomic E-state index is 12.5. The van der Waals surface area contributed by atoms with Crippen LogP contribution < -0.4 is 5.32 Å². The van der Waals surface area contributed by atoms with Gasteiger partial charge in [0.25, 0.3) is 5.91 Å². The van der Waals surface area contributed by atoms with Crippen LogP contribution in [0.1, 0.15) is 23.2 Å². The minimum atomic E-state index is 0. The van der Waals surface area contributed by atoms with Gasteiger partial charge in [-0.25, -0.2) is 0 Å². The van der Waals surface area contributed by atoms with Crippen LogP contribution in [-0.2, 0) is 0 Å². The van der Waals surface area contributed by atoms with Crippen LogP contribution in [0.3, 0.4) is 0 Å². The Hall–Kier alpha value is -0.480. The van der Waals surface area contributed by atoms with Crippen molar-refractivity contribution in [2.45, 2.75) is 18.9 Å². The predicted octanol–water partition coefficient (Wildman–Crippen LogP) is 3.24. The lowest BCUT2D eigenvalue weighted by molar-refractivity contribution is 0.0662. The summed E-state index contributed by atoms with van der Waals surface area (Å²) in [7, 11) is 0. The number of nitrogens with zero attached hydrogens (tertiary/aromatic N) is 1. The fourth-order valence-electron chi connectivity index (χ4n) is 3.09. The molecule has 2 saturated heterocycles. The Morgan fingerprint density at radius 1 is 1.20 bits per heavy atom. The summed E-state index contributed by atoms with van der Waals surface area (Å²) in [6.07, 6.45) is 2.19. The third kappa shape index (κ3) is 3.22. The van der Waals surface area contributed by atoms with Crippen molar-refractivity contribution in [3.05, 3.63) is 33.8 Å². The maximum atomic E-state index is 12.5. The molecule has 2 unspecified atom stereocenters. The van der Waals surface area contributed by atoms with Crippen LogP contribution in [0, 0.1) is 5.92 Å². The second kappa shape index (κ2) is 6.52. The number of likely N-dealkylation sites (tertiary alicyclic amines) is 1. The summed E-state index contributed by atoms with van der Waals surface area (Å²) in [4.78, 5) is 14.4. The first-order valence-electron chi connectivity index (χ1n) is 6.62. The van der Waals surface area contributed by atoms with Crippen LogP contribution >= 0.6 is 35.6 Å². The number of amides is 1. The third-order valence-electron chi connectivity index (χ3n) is 4.05. The van der Waals surface area contributed by atoms with E-state index in [-0.39, 0.29) is 18.3 Å². The highest BCUT2D eigenvalue weighted by molar-refractivity contribution is 6.35. The molecule has 0 radical (unpaired) electrons. The zero-order valence-electron chi connectivity index (χ0n) is 10.9. The van der Waals surface area contributed by atoms with Crippen LogP contribution in [-0.4, -0.2) is 36.5 Å². The Balaban J connectivity index is 0.00000147. The molecule has 2 atom stereocenters. The number of fused-ring (bicyclic) bond motifs is 1. The standard InChI is InChI=1S/C14H16Cl2N2O.ClH/c15-11-5-10(6-12(16)7-11)14(19)18-4-2-13-9(8-18)1-3-17-13;/h5-7,9,13,17H,1-4,8H2;1H. The lowest BCUT2D eigenvalue weighted by Gasteiger charge is -2.35. The molecule has 1 amide bonds. The van der Waals surface area contributed by atoms with Gasteiger partial charge < -0.3 is 10.2 Å². The molecule has 0 bridgehead atoms. The molecule has 2 fully saturated rings. The normalized spacial score (nSPS) is 25.0. The molecule has 2 aliphatic heterocycles. The van der Waals surface area contributed by atoms with Gasteiger partial charge in [0.1, 0.15) is 0 Å². The van der Waals surface area contributed by atoms with Gasteiger partial charge in [-0.1, -0.05) is 23.2 Å². The Bertz CT molecular complexity index is 489. The topological polar surface area (TPSA) is 32.3 Å². The van der Waals surface area contributed by atoms with Gasteiger partial charge in [0.2, 0.25) is 0 Å². The SMILES string of the molecule is Cl.O=C(c1cc(Cl)cc(Cl)c1)N1CCC2NCCC2C1. The highest BCUT2D eigenvalue weighted by Gasteiger charge is 2.34. The first kappa shape index (κ1) is 15.9. The molecule has 1 aromatic rings. The average molecular weight is 336 g/mol. The molecule has 0 spiro atoms. The summed E-state index contributed by atoms with van der Waals surface area (Å²) in [5.74, 6) is 0.627. The fourth-order valence-corrected chi connectivity index (χ4v) is 3.62. The number of benzene rings is 1. The zero-order chi connectivity index (χ0) is 13.4. The van der Waals surface area contributed by atoms with Crippen molar-refractivity contribution in [3.63, 3.8) is 0 Å². The number of rotatable bonds is 1. The Morgan fingerprint density at radius 3 is 2.60 bits per heavy atom. The van der Waals surface area contributed by atoms with Gasteiger partial charge in [-0.05, 0) is 43.5 Å². The van der Waals surface area contributed by atoms with E-state index in [0.717, 1.165) is 32.5 Å². The lowest BCUT2D eigenvalue weighted by atomic mass is 9.93. The van der Waals surface area contributed by atoms with Crippen molar-refractivity contribution in [3.8, 4) is 0 Å². The minimum Gasteiger partial charge on any atom is -0.338 e. The average Bonchev–Trinajstić information content (AvgIpc) is 2.83. The van der Waals surface area contributed by atoms with Crippen molar-refractivity contribution in [2.24, 2.45) is 5.92 Å². The zero-order valence-corrected chi connectivity index (χ0v) is 13.3. The number of carbonyl (C=O) groups excluding carboxylic acids is 1. The summed E-state index contributed by atoms with van der Waals surface area (Å²) in [6, 6.07) is 5.61. The smallest absolute Gasteiger partial charge is 0.253 e. The molecule has 110 valence electrons. The van der Waals surface area contributed by atoms with E-state index < -0.39 is 0 Å². The van der Waals surface area contributed by atoms with E-state index >= 15 is 0 Å². The van der Waals surface area contributed by atoms with Gasteiger partial charge in [-0.3, -0.25) is 4.79 Å². The van der Waals surface area contributed by atoms with Gasteiger partial charge in [0.15, 0.2) is 0 Å². The molecule has 2 heterocycles. The molecule has 20 heavy (non-hydrogen) atoms.